The van der Waals surface area contributed by atoms with Crippen molar-refractivity contribution in [1.82, 2.24) is 25.7 Å². The van der Waals surface area contributed by atoms with Crippen molar-refractivity contribution in [2.75, 3.05) is 13.1 Å². The van der Waals surface area contributed by atoms with E-state index < -0.39 is 0 Å². The van der Waals surface area contributed by atoms with Crippen molar-refractivity contribution in [3.05, 3.63) is 48.3 Å². The van der Waals surface area contributed by atoms with Gasteiger partial charge in [-0.15, -0.1) is 0 Å². The Hall–Kier alpha value is -2.83. The van der Waals surface area contributed by atoms with Crippen molar-refractivity contribution in [2.24, 2.45) is 0 Å². The minimum atomic E-state index is -0.249. The first-order chi connectivity index (χ1) is 13.7. The highest BCUT2D eigenvalue weighted by atomic mass is 16.2. The Labute approximate surface area is 165 Å². The summed E-state index contributed by atoms with van der Waals surface area (Å²) in [5, 5.41) is 13.0. The number of rotatable bonds is 8. The summed E-state index contributed by atoms with van der Waals surface area (Å²) in [7, 11) is 0. The molecule has 0 bridgehead atoms. The van der Waals surface area contributed by atoms with Crippen LogP contribution in [0.2, 0.25) is 0 Å². The number of para-hydroxylation sites is 1. The third kappa shape index (κ3) is 6.40. The minimum absolute atomic E-state index is 0.0144. The van der Waals surface area contributed by atoms with Gasteiger partial charge >= 0.3 is 6.03 Å². The van der Waals surface area contributed by atoms with Gasteiger partial charge in [0.25, 0.3) is 0 Å². The molecule has 150 valence electrons. The number of nitrogens with one attached hydrogen (secondary N) is 3. The lowest BCUT2D eigenvalue weighted by Gasteiger charge is -2.22. The molecule has 0 aliphatic heterocycles. The summed E-state index contributed by atoms with van der Waals surface area (Å²) in [4.78, 5) is 23.8. The van der Waals surface area contributed by atoms with Crippen molar-refractivity contribution in [3.8, 4) is 5.69 Å². The Morgan fingerprint density at radius 3 is 2.57 bits per heavy atom. The number of amides is 3. The van der Waals surface area contributed by atoms with Crippen LogP contribution in [-0.2, 0) is 11.2 Å². The molecule has 1 aromatic heterocycles. The van der Waals surface area contributed by atoms with Gasteiger partial charge < -0.3 is 16.0 Å². The molecular formula is C21H29N5O2. The number of hydrogen-bond donors (Lipinski definition) is 3. The first kappa shape index (κ1) is 19.9. The van der Waals surface area contributed by atoms with Gasteiger partial charge in [0.05, 0.1) is 11.9 Å². The van der Waals surface area contributed by atoms with E-state index in [4.69, 9.17) is 0 Å². The van der Waals surface area contributed by atoms with E-state index in [1.54, 1.807) is 0 Å². The quantitative estimate of drug-likeness (QED) is 0.655. The molecule has 28 heavy (non-hydrogen) atoms. The first-order valence-electron chi connectivity index (χ1n) is 10.1. The third-order valence-corrected chi connectivity index (χ3v) is 4.96. The maximum Gasteiger partial charge on any atom is 0.314 e. The number of hydrogen-bond acceptors (Lipinski definition) is 3. The molecule has 1 saturated carbocycles. The van der Waals surface area contributed by atoms with Crippen LogP contribution in [-0.4, -0.2) is 40.9 Å². The van der Waals surface area contributed by atoms with Crippen molar-refractivity contribution in [2.45, 2.75) is 51.0 Å². The zero-order valence-corrected chi connectivity index (χ0v) is 16.2. The molecule has 0 atom stereocenters. The largest absolute Gasteiger partial charge is 0.353 e. The predicted octanol–water partition coefficient (Wildman–Crippen LogP) is 2.55. The van der Waals surface area contributed by atoms with Crippen LogP contribution in [0.25, 0.3) is 5.69 Å². The fourth-order valence-corrected chi connectivity index (χ4v) is 3.43. The van der Waals surface area contributed by atoms with Gasteiger partial charge in [-0.25, -0.2) is 9.48 Å². The monoisotopic (exact) mass is 383 g/mol. The second kappa shape index (κ2) is 10.5. The smallest absolute Gasteiger partial charge is 0.314 e. The fraction of sp³-hybridized carbons (Fsp3) is 0.476. The van der Waals surface area contributed by atoms with Crippen LogP contribution in [0.1, 0.15) is 44.1 Å². The highest BCUT2D eigenvalue weighted by Gasteiger charge is 2.15. The van der Waals surface area contributed by atoms with E-state index in [9.17, 15) is 9.59 Å². The average molecular weight is 383 g/mol. The molecular weight excluding hydrogens is 354 g/mol. The van der Waals surface area contributed by atoms with Gasteiger partial charge in [0, 0.05) is 31.7 Å². The number of benzene rings is 1. The lowest BCUT2D eigenvalue weighted by molar-refractivity contribution is -0.121. The van der Waals surface area contributed by atoms with E-state index in [1.165, 1.54) is 19.3 Å². The predicted molar refractivity (Wildman–Crippen MR) is 108 cm³/mol. The zero-order chi connectivity index (χ0) is 19.6. The van der Waals surface area contributed by atoms with E-state index in [0.717, 1.165) is 24.1 Å². The summed E-state index contributed by atoms with van der Waals surface area (Å²) in [6, 6.07) is 9.96. The zero-order valence-electron chi connectivity index (χ0n) is 16.2. The summed E-state index contributed by atoms with van der Waals surface area (Å²) in [6.07, 6.45) is 10.6. The topological polar surface area (TPSA) is 88.1 Å². The number of aromatic nitrogens is 2. The van der Waals surface area contributed by atoms with Gasteiger partial charge in [0.2, 0.25) is 5.91 Å². The van der Waals surface area contributed by atoms with Crippen LogP contribution < -0.4 is 16.0 Å². The molecule has 1 aromatic carbocycles. The van der Waals surface area contributed by atoms with Gasteiger partial charge in [-0.1, -0.05) is 37.5 Å². The number of carbonyl (C=O) groups is 2. The maximum absolute atomic E-state index is 11.9. The molecule has 3 N–H and O–H groups in total. The van der Waals surface area contributed by atoms with E-state index in [0.29, 0.717) is 32.0 Å². The van der Waals surface area contributed by atoms with Gasteiger partial charge in [-0.2, -0.15) is 5.10 Å². The third-order valence-electron chi connectivity index (χ3n) is 4.96. The van der Waals surface area contributed by atoms with Gasteiger partial charge in [0.15, 0.2) is 0 Å². The maximum atomic E-state index is 11.9. The Balaban J connectivity index is 1.28. The molecule has 1 fully saturated rings. The standard InChI is InChI=1S/C21H29N5O2/c27-20(25-18-7-3-1-4-8-18)12-14-23-21(28)22-13-11-17-15-24-26(16-17)19-9-5-2-6-10-19/h2,5-6,9-10,15-16,18H,1,3-4,7-8,11-14H2,(H,25,27)(H2,22,23,28). The molecule has 1 aliphatic carbocycles. The molecule has 3 amide bonds. The van der Waals surface area contributed by atoms with Gasteiger partial charge in [0.1, 0.15) is 0 Å². The van der Waals surface area contributed by atoms with Crippen molar-refractivity contribution >= 4 is 11.9 Å². The number of urea groups is 1. The Morgan fingerprint density at radius 1 is 1.04 bits per heavy atom. The molecule has 3 rings (SSSR count). The fourth-order valence-electron chi connectivity index (χ4n) is 3.43. The normalized spacial score (nSPS) is 14.4. The molecule has 0 radical (unpaired) electrons. The SMILES string of the molecule is O=C(CCNC(=O)NCCc1cnn(-c2ccccc2)c1)NC1CCCCC1. The minimum Gasteiger partial charge on any atom is -0.353 e. The van der Waals surface area contributed by atoms with Gasteiger partial charge in [-0.05, 0) is 37.0 Å². The molecule has 7 nitrogen and oxygen atoms in total. The number of nitrogens with zero attached hydrogens (tertiary/aromatic N) is 2. The summed E-state index contributed by atoms with van der Waals surface area (Å²) in [6.45, 7) is 0.858. The first-order valence-corrected chi connectivity index (χ1v) is 10.1. The average Bonchev–Trinajstić information content (AvgIpc) is 3.18. The molecule has 1 heterocycles. The van der Waals surface area contributed by atoms with Crippen molar-refractivity contribution in [3.63, 3.8) is 0 Å². The van der Waals surface area contributed by atoms with Crippen molar-refractivity contribution < 1.29 is 9.59 Å². The highest BCUT2D eigenvalue weighted by molar-refractivity contribution is 5.78. The van der Waals surface area contributed by atoms with E-state index >= 15 is 0 Å². The Bertz CT molecular complexity index is 753. The Kier molecular flexibility index (Phi) is 7.46. The van der Waals surface area contributed by atoms with E-state index in [2.05, 4.69) is 21.0 Å². The van der Waals surface area contributed by atoms with Crippen LogP contribution >= 0.6 is 0 Å². The summed E-state index contributed by atoms with van der Waals surface area (Å²) in [5.74, 6) is 0.0144. The molecule has 0 spiro atoms. The van der Waals surface area contributed by atoms with Crippen LogP contribution in [0.4, 0.5) is 4.79 Å². The number of carbonyl (C=O) groups excluding carboxylic acids is 2. The summed E-state index contributed by atoms with van der Waals surface area (Å²) >= 11 is 0. The molecule has 7 heteroatoms. The van der Waals surface area contributed by atoms with Crippen LogP contribution in [0, 0.1) is 0 Å². The van der Waals surface area contributed by atoms with E-state index in [1.807, 2.05) is 47.4 Å². The molecule has 0 saturated heterocycles. The summed E-state index contributed by atoms with van der Waals surface area (Å²) in [5.41, 5.74) is 2.06. The van der Waals surface area contributed by atoms with Crippen LogP contribution in [0.15, 0.2) is 42.7 Å². The lowest BCUT2D eigenvalue weighted by atomic mass is 9.95. The van der Waals surface area contributed by atoms with Crippen LogP contribution in [0.3, 0.4) is 0 Å². The molecule has 2 aromatic rings. The molecule has 1 aliphatic rings. The van der Waals surface area contributed by atoms with E-state index in [-0.39, 0.29) is 11.9 Å². The lowest BCUT2D eigenvalue weighted by Crippen LogP contribution is -2.40. The second-order valence-electron chi connectivity index (χ2n) is 7.21. The van der Waals surface area contributed by atoms with Crippen molar-refractivity contribution in [1.29, 1.82) is 0 Å². The van der Waals surface area contributed by atoms with Crippen LogP contribution in [0.5, 0.6) is 0 Å². The second-order valence-corrected chi connectivity index (χ2v) is 7.21. The highest BCUT2D eigenvalue weighted by Crippen LogP contribution is 2.17. The Morgan fingerprint density at radius 2 is 1.79 bits per heavy atom. The summed E-state index contributed by atoms with van der Waals surface area (Å²) < 4.78 is 1.82. The molecule has 0 unspecified atom stereocenters. The van der Waals surface area contributed by atoms with Gasteiger partial charge in [-0.3, -0.25) is 4.79 Å².